The van der Waals surface area contributed by atoms with E-state index in [0.29, 0.717) is 12.8 Å². The van der Waals surface area contributed by atoms with Gasteiger partial charge in [-0.25, -0.2) is 8.78 Å². The van der Waals surface area contributed by atoms with E-state index >= 15 is 0 Å². The predicted octanol–water partition coefficient (Wildman–Crippen LogP) is 3.69. The van der Waals surface area contributed by atoms with Gasteiger partial charge in [-0.2, -0.15) is 0 Å². The fourth-order valence-electron chi connectivity index (χ4n) is 4.19. The molecule has 118 valence electrons. The molecule has 0 radical (unpaired) electrons. The molecule has 0 unspecified atom stereocenters. The minimum Gasteiger partial charge on any atom is -0.325 e. The lowest BCUT2D eigenvalue weighted by atomic mass is 9.64. The molecule has 1 amide bonds. The SMILES string of the molecule is CC1(C)[C@@]2(C(=O)Nc3ccc(F)c(F)c3)CC[C@@]1(C)C(=O)C2. The maximum Gasteiger partial charge on any atom is 0.231 e. The van der Waals surface area contributed by atoms with Crippen LogP contribution in [0.25, 0.3) is 0 Å². The first-order chi connectivity index (χ1) is 10.1. The van der Waals surface area contributed by atoms with Crippen molar-refractivity contribution in [3.63, 3.8) is 0 Å². The van der Waals surface area contributed by atoms with Crippen molar-refractivity contribution in [2.24, 2.45) is 16.2 Å². The van der Waals surface area contributed by atoms with Crippen molar-refractivity contribution in [3.05, 3.63) is 29.8 Å². The van der Waals surface area contributed by atoms with Crippen molar-refractivity contribution < 1.29 is 18.4 Å². The summed E-state index contributed by atoms with van der Waals surface area (Å²) in [6, 6.07) is 3.26. The van der Waals surface area contributed by atoms with Crippen molar-refractivity contribution in [3.8, 4) is 0 Å². The number of rotatable bonds is 2. The second kappa shape index (κ2) is 4.37. The van der Waals surface area contributed by atoms with Gasteiger partial charge in [0.15, 0.2) is 11.6 Å². The quantitative estimate of drug-likeness (QED) is 0.905. The molecule has 1 aromatic rings. The number of halogens is 2. The van der Waals surface area contributed by atoms with Gasteiger partial charge in [-0.3, -0.25) is 9.59 Å². The van der Waals surface area contributed by atoms with Gasteiger partial charge >= 0.3 is 0 Å². The Kier molecular flexibility index (Phi) is 3.00. The lowest BCUT2D eigenvalue weighted by Gasteiger charge is -2.38. The van der Waals surface area contributed by atoms with E-state index in [9.17, 15) is 18.4 Å². The van der Waals surface area contributed by atoms with Gasteiger partial charge in [-0.05, 0) is 30.4 Å². The summed E-state index contributed by atoms with van der Waals surface area (Å²) < 4.78 is 26.3. The van der Waals surface area contributed by atoms with Gasteiger partial charge in [0.2, 0.25) is 5.91 Å². The third-order valence-electron chi connectivity index (χ3n) is 6.32. The average molecular weight is 307 g/mol. The molecule has 2 aliphatic rings. The topological polar surface area (TPSA) is 46.2 Å². The zero-order valence-corrected chi connectivity index (χ0v) is 12.9. The van der Waals surface area contributed by atoms with Crippen LogP contribution in [-0.4, -0.2) is 11.7 Å². The van der Waals surface area contributed by atoms with Crippen LogP contribution in [0.1, 0.15) is 40.0 Å². The minimum atomic E-state index is -1.01. The highest BCUT2D eigenvalue weighted by atomic mass is 19.2. The molecule has 0 saturated heterocycles. The zero-order chi connectivity index (χ0) is 16.3. The predicted molar refractivity (Wildman–Crippen MR) is 78.2 cm³/mol. The number of nitrogens with one attached hydrogen (secondary N) is 1. The van der Waals surface area contributed by atoms with Crippen molar-refractivity contribution in [2.75, 3.05) is 5.32 Å². The molecule has 22 heavy (non-hydrogen) atoms. The maximum atomic E-state index is 13.3. The van der Waals surface area contributed by atoms with Gasteiger partial charge in [0.1, 0.15) is 5.78 Å². The Bertz CT molecular complexity index is 685. The second-order valence-corrected chi connectivity index (χ2v) is 7.22. The summed E-state index contributed by atoms with van der Waals surface area (Å²) in [5.41, 5.74) is -1.51. The Morgan fingerprint density at radius 2 is 1.82 bits per heavy atom. The molecule has 1 N–H and O–H groups in total. The fourth-order valence-corrected chi connectivity index (χ4v) is 4.19. The van der Waals surface area contributed by atoms with Crippen LogP contribution in [0.15, 0.2) is 18.2 Å². The molecule has 5 heteroatoms. The highest BCUT2D eigenvalue weighted by Gasteiger charge is 2.72. The lowest BCUT2D eigenvalue weighted by molar-refractivity contribution is -0.131. The number of carbonyl (C=O) groups excluding carboxylic acids is 2. The van der Waals surface area contributed by atoms with Crippen molar-refractivity contribution >= 4 is 17.4 Å². The molecule has 3 rings (SSSR count). The highest BCUT2D eigenvalue weighted by molar-refractivity contribution is 6.04. The highest BCUT2D eigenvalue weighted by Crippen LogP contribution is 2.70. The number of carbonyl (C=O) groups is 2. The molecule has 2 fully saturated rings. The Balaban J connectivity index is 1.92. The molecule has 2 aliphatic carbocycles. The summed E-state index contributed by atoms with van der Waals surface area (Å²) in [5, 5.41) is 2.67. The van der Waals surface area contributed by atoms with Crippen LogP contribution >= 0.6 is 0 Å². The van der Waals surface area contributed by atoms with Crippen molar-refractivity contribution in [1.82, 2.24) is 0 Å². The standard InChI is InChI=1S/C17H19F2NO2/c1-15(2)16(3)6-7-17(15,9-13(16)21)14(22)20-10-4-5-11(18)12(19)8-10/h4-5,8H,6-7,9H2,1-3H3,(H,20,22)/t16-,17-/m0/s1. The Hall–Kier alpha value is -1.78. The van der Waals surface area contributed by atoms with E-state index in [-0.39, 0.29) is 23.8 Å². The van der Waals surface area contributed by atoms with Crippen LogP contribution in [0.4, 0.5) is 14.5 Å². The van der Waals surface area contributed by atoms with Gasteiger partial charge in [-0.15, -0.1) is 0 Å². The number of fused-ring (bicyclic) bond motifs is 2. The number of amides is 1. The minimum absolute atomic E-state index is 0.115. The zero-order valence-electron chi connectivity index (χ0n) is 12.9. The van der Waals surface area contributed by atoms with E-state index in [4.69, 9.17) is 0 Å². The van der Waals surface area contributed by atoms with Crippen LogP contribution in [0.5, 0.6) is 0 Å². The van der Waals surface area contributed by atoms with E-state index in [1.165, 1.54) is 6.07 Å². The normalized spacial score (nSPS) is 32.3. The van der Waals surface area contributed by atoms with E-state index in [2.05, 4.69) is 5.32 Å². The third-order valence-corrected chi connectivity index (χ3v) is 6.32. The van der Waals surface area contributed by atoms with Crippen molar-refractivity contribution in [2.45, 2.75) is 40.0 Å². The van der Waals surface area contributed by atoms with Gasteiger partial charge in [0.25, 0.3) is 0 Å². The summed E-state index contributed by atoms with van der Waals surface area (Å²) in [5.74, 6) is -2.13. The van der Waals surface area contributed by atoms with Crippen LogP contribution < -0.4 is 5.32 Å². The molecular formula is C17H19F2NO2. The molecule has 0 aliphatic heterocycles. The number of anilines is 1. The molecule has 2 atom stereocenters. The first-order valence-electron chi connectivity index (χ1n) is 7.44. The summed E-state index contributed by atoms with van der Waals surface area (Å²) >= 11 is 0. The third kappa shape index (κ3) is 1.65. The van der Waals surface area contributed by atoms with Crippen LogP contribution in [0.2, 0.25) is 0 Å². The van der Waals surface area contributed by atoms with Crippen LogP contribution in [0.3, 0.4) is 0 Å². The largest absolute Gasteiger partial charge is 0.325 e. The second-order valence-electron chi connectivity index (χ2n) is 7.22. The number of ketones is 1. The Morgan fingerprint density at radius 3 is 2.32 bits per heavy atom. The average Bonchev–Trinajstić information content (AvgIpc) is 2.73. The molecule has 2 bridgehead atoms. The molecular weight excluding hydrogens is 288 g/mol. The number of Topliss-reactive ketones (excluding diaryl/α,β-unsaturated/α-hetero) is 1. The van der Waals surface area contributed by atoms with Gasteiger partial charge in [0, 0.05) is 23.6 Å². The molecule has 0 heterocycles. The summed E-state index contributed by atoms with van der Waals surface area (Å²) in [6.45, 7) is 5.83. The van der Waals surface area contributed by atoms with Gasteiger partial charge < -0.3 is 5.32 Å². The Labute approximate surface area is 128 Å². The Morgan fingerprint density at radius 1 is 1.14 bits per heavy atom. The smallest absolute Gasteiger partial charge is 0.231 e. The van der Waals surface area contributed by atoms with E-state index < -0.39 is 27.9 Å². The molecule has 1 aromatic carbocycles. The van der Waals surface area contributed by atoms with Gasteiger partial charge in [0.05, 0.1) is 5.41 Å². The molecule has 2 saturated carbocycles. The molecule has 0 aromatic heterocycles. The molecule has 0 spiro atoms. The summed E-state index contributed by atoms with van der Waals surface area (Å²) in [4.78, 5) is 25.2. The number of hydrogen-bond acceptors (Lipinski definition) is 2. The monoisotopic (exact) mass is 307 g/mol. The van der Waals surface area contributed by atoms with E-state index in [0.717, 1.165) is 12.1 Å². The fraction of sp³-hybridized carbons (Fsp3) is 0.529. The summed E-state index contributed by atoms with van der Waals surface area (Å²) in [6.07, 6.45) is 1.54. The van der Waals surface area contributed by atoms with E-state index in [1.54, 1.807) is 0 Å². The number of benzene rings is 1. The van der Waals surface area contributed by atoms with E-state index in [1.807, 2.05) is 20.8 Å². The van der Waals surface area contributed by atoms with Gasteiger partial charge in [-0.1, -0.05) is 20.8 Å². The van der Waals surface area contributed by atoms with Crippen LogP contribution in [0, 0.1) is 27.9 Å². The first kappa shape index (κ1) is 15.1. The van der Waals surface area contributed by atoms with Crippen LogP contribution in [-0.2, 0) is 9.59 Å². The first-order valence-corrected chi connectivity index (χ1v) is 7.44. The maximum absolute atomic E-state index is 13.3. The molecule has 3 nitrogen and oxygen atoms in total. The van der Waals surface area contributed by atoms with Crippen molar-refractivity contribution in [1.29, 1.82) is 0 Å². The summed E-state index contributed by atoms with van der Waals surface area (Å²) in [7, 11) is 0. The number of hydrogen-bond donors (Lipinski definition) is 1. The lowest BCUT2D eigenvalue weighted by Crippen LogP contribution is -2.43.